The first-order chi connectivity index (χ1) is 15.1. The molecule has 0 saturated carbocycles. The van der Waals surface area contributed by atoms with Crippen molar-refractivity contribution in [2.45, 2.75) is 26.0 Å². The van der Waals surface area contributed by atoms with Gasteiger partial charge in [0.25, 0.3) is 5.56 Å². The van der Waals surface area contributed by atoms with Gasteiger partial charge in [-0.1, -0.05) is 36.4 Å². The zero-order valence-electron chi connectivity index (χ0n) is 17.1. The van der Waals surface area contributed by atoms with Gasteiger partial charge in [0.05, 0.1) is 17.8 Å². The van der Waals surface area contributed by atoms with Gasteiger partial charge in [-0.15, -0.1) is 22.7 Å². The van der Waals surface area contributed by atoms with Crippen LogP contribution in [-0.4, -0.2) is 28.6 Å². The van der Waals surface area contributed by atoms with E-state index in [0.717, 1.165) is 16.0 Å². The maximum Gasteiger partial charge on any atom is 0.263 e. The second-order valence-corrected chi connectivity index (χ2v) is 8.92. The van der Waals surface area contributed by atoms with E-state index in [-0.39, 0.29) is 24.1 Å². The highest BCUT2D eigenvalue weighted by Crippen LogP contribution is 2.33. The summed E-state index contributed by atoms with van der Waals surface area (Å²) in [5.74, 6) is -0.215. The number of thiophene rings is 2. The standard InChI is InChI=1S/C23H23N3O3S2/c1-16(17-7-3-2-4-8-17)29-11-6-10-24-20(27)13-26-15-25-22-21(23(26)28)18(14-31-22)19-9-5-12-30-19/h2-5,7-9,12,14-16H,6,10-11,13H2,1H3,(H,24,27). The largest absolute Gasteiger partial charge is 0.374 e. The van der Waals surface area contributed by atoms with E-state index in [1.165, 1.54) is 22.2 Å². The normalized spacial score (nSPS) is 12.2. The predicted molar refractivity (Wildman–Crippen MR) is 126 cm³/mol. The van der Waals surface area contributed by atoms with Crippen molar-refractivity contribution < 1.29 is 9.53 Å². The van der Waals surface area contributed by atoms with Crippen LogP contribution in [0.15, 0.2) is 64.3 Å². The summed E-state index contributed by atoms with van der Waals surface area (Å²) in [5.41, 5.74) is 1.82. The maximum absolute atomic E-state index is 13.0. The third-order valence-corrected chi connectivity index (χ3v) is 6.73. The smallest absolute Gasteiger partial charge is 0.263 e. The van der Waals surface area contributed by atoms with E-state index >= 15 is 0 Å². The average molecular weight is 454 g/mol. The van der Waals surface area contributed by atoms with Gasteiger partial charge in [-0.25, -0.2) is 4.98 Å². The lowest BCUT2D eigenvalue weighted by atomic mass is 10.1. The number of aromatic nitrogens is 2. The van der Waals surface area contributed by atoms with Crippen LogP contribution in [0.1, 0.15) is 25.0 Å². The molecule has 3 heterocycles. The first kappa shape index (κ1) is 21.4. The molecule has 1 N–H and O–H groups in total. The summed E-state index contributed by atoms with van der Waals surface area (Å²) in [5, 5.41) is 7.36. The molecule has 1 aromatic carbocycles. The monoisotopic (exact) mass is 453 g/mol. The number of hydrogen-bond acceptors (Lipinski definition) is 6. The Morgan fingerprint density at radius 2 is 2.03 bits per heavy atom. The summed E-state index contributed by atoms with van der Waals surface area (Å²) in [6.45, 7) is 2.99. The van der Waals surface area contributed by atoms with Crippen LogP contribution in [0.3, 0.4) is 0 Å². The van der Waals surface area contributed by atoms with Gasteiger partial charge in [0, 0.05) is 29.0 Å². The fourth-order valence-corrected chi connectivity index (χ4v) is 5.01. The van der Waals surface area contributed by atoms with E-state index in [9.17, 15) is 9.59 Å². The number of fused-ring (bicyclic) bond motifs is 1. The van der Waals surface area contributed by atoms with Crippen LogP contribution < -0.4 is 10.9 Å². The van der Waals surface area contributed by atoms with Crippen LogP contribution in [0.25, 0.3) is 20.7 Å². The molecular formula is C23H23N3O3S2. The topological polar surface area (TPSA) is 73.2 Å². The molecule has 3 aromatic heterocycles. The number of ether oxygens (including phenoxy) is 1. The van der Waals surface area contributed by atoms with E-state index in [2.05, 4.69) is 10.3 Å². The Kier molecular flexibility index (Phi) is 6.91. The summed E-state index contributed by atoms with van der Waals surface area (Å²) < 4.78 is 7.19. The van der Waals surface area contributed by atoms with Crippen LogP contribution in [0.2, 0.25) is 0 Å². The maximum atomic E-state index is 13.0. The molecular weight excluding hydrogens is 430 g/mol. The van der Waals surface area contributed by atoms with E-state index in [0.29, 0.717) is 29.8 Å². The molecule has 0 fully saturated rings. The molecule has 0 bridgehead atoms. The number of carbonyl (C=O) groups is 1. The fraction of sp³-hybridized carbons (Fsp3) is 0.261. The highest BCUT2D eigenvalue weighted by atomic mass is 32.1. The summed E-state index contributed by atoms with van der Waals surface area (Å²) in [6.07, 6.45) is 2.16. The van der Waals surface area contributed by atoms with Crippen molar-refractivity contribution in [2.75, 3.05) is 13.2 Å². The third kappa shape index (κ3) is 5.10. The van der Waals surface area contributed by atoms with Gasteiger partial charge < -0.3 is 10.1 Å². The second-order valence-electron chi connectivity index (χ2n) is 7.11. The van der Waals surface area contributed by atoms with Crippen molar-refractivity contribution in [3.8, 4) is 10.4 Å². The minimum absolute atomic E-state index is 0.0106. The summed E-state index contributed by atoms with van der Waals surface area (Å²) in [7, 11) is 0. The van der Waals surface area contributed by atoms with Gasteiger partial charge in [-0.3, -0.25) is 14.2 Å². The van der Waals surface area contributed by atoms with Gasteiger partial charge in [0.15, 0.2) is 0 Å². The summed E-state index contributed by atoms with van der Waals surface area (Å²) >= 11 is 3.02. The number of nitrogens with one attached hydrogen (secondary N) is 1. The van der Waals surface area contributed by atoms with Crippen molar-refractivity contribution in [3.63, 3.8) is 0 Å². The molecule has 1 unspecified atom stereocenters. The fourth-order valence-electron chi connectivity index (χ4n) is 3.28. The molecule has 4 aromatic rings. The Morgan fingerprint density at radius 3 is 2.81 bits per heavy atom. The molecule has 160 valence electrons. The Labute approximate surface area is 188 Å². The minimum Gasteiger partial charge on any atom is -0.374 e. The molecule has 0 aliphatic heterocycles. The molecule has 1 amide bonds. The van der Waals surface area contributed by atoms with E-state index < -0.39 is 0 Å². The number of hydrogen-bond donors (Lipinski definition) is 1. The number of nitrogens with zero attached hydrogens (tertiary/aromatic N) is 2. The lowest BCUT2D eigenvalue weighted by molar-refractivity contribution is -0.121. The lowest BCUT2D eigenvalue weighted by Gasteiger charge is -2.13. The van der Waals surface area contributed by atoms with Crippen molar-refractivity contribution in [1.82, 2.24) is 14.9 Å². The van der Waals surface area contributed by atoms with E-state index in [1.807, 2.05) is 60.1 Å². The number of rotatable bonds is 9. The van der Waals surface area contributed by atoms with Gasteiger partial charge >= 0.3 is 0 Å². The summed E-state index contributed by atoms with van der Waals surface area (Å²) in [6, 6.07) is 14.0. The number of benzene rings is 1. The SMILES string of the molecule is CC(OCCCNC(=O)Cn1cnc2scc(-c3cccs3)c2c1=O)c1ccccc1. The third-order valence-electron chi connectivity index (χ3n) is 4.94. The zero-order chi connectivity index (χ0) is 21.6. The Morgan fingerprint density at radius 1 is 1.19 bits per heavy atom. The molecule has 0 aliphatic carbocycles. The van der Waals surface area contributed by atoms with Crippen LogP contribution in [0.4, 0.5) is 0 Å². The molecule has 0 spiro atoms. The highest BCUT2D eigenvalue weighted by molar-refractivity contribution is 7.18. The van der Waals surface area contributed by atoms with Gasteiger partial charge in [0.2, 0.25) is 5.91 Å². The van der Waals surface area contributed by atoms with Crippen LogP contribution in [-0.2, 0) is 16.1 Å². The van der Waals surface area contributed by atoms with Crippen molar-refractivity contribution in [3.05, 3.63) is 75.5 Å². The molecule has 6 nitrogen and oxygen atoms in total. The Bertz CT molecular complexity index is 1200. The van der Waals surface area contributed by atoms with Gasteiger partial charge in [-0.05, 0) is 30.4 Å². The van der Waals surface area contributed by atoms with Crippen LogP contribution >= 0.6 is 22.7 Å². The molecule has 0 radical (unpaired) electrons. The molecule has 0 aliphatic rings. The molecule has 8 heteroatoms. The molecule has 0 saturated heterocycles. The lowest BCUT2D eigenvalue weighted by Crippen LogP contribution is -2.33. The quantitative estimate of drug-likeness (QED) is 0.380. The summed E-state index contributed by atoms with van der Waals surface area (Å²) in [4.78, 5) is 31.4. The van der Waals surface area contributed by atoms with Crippen LogP contribution in [0.5, 0.6) is 0 Å². The molecule has 1 atom stereocenters. The van der Waals surface area contributed by atoms with Crippen LogP contribution in [0, 0.1) is 0 Å². The first-order valence-electron chi connectivity index (χ1n) is 10.1. The van der Waals surface area contributed by atoms with Gasteiger partial charge in [0.1, 0.15) is 11.4 Å². The Hall–Kier alpha value is -2.81. The molecule has 4 rings (SSSR count). The van der Waals surface area contributed by atoms with E-state index in [1.54, 1.807) is 11.3 Å². The number of carbonyl (C=O) groups excluding carboxylic acids is 1. The minimum atomic E-state index is -0.215. The average Bonchev–Trinajstić information content (AvgIpc) is 3.46. The highest BCUT2D eigenvalue weighted by Gasteiger charge is 2.15. The first-order valence-corrected chi connectivity index (χ1v) is 11.8. The number of amides is 1. The van der Waals surface area contributed by atoms with Crippen molar-refractivity contribution in [2.24, 2.45) is 0 Å². The van der Waals surface area contributed by atoms with Gasteiger partial charge in [-0.2, -0.15) is 0 Å². The van der Waals surface area contributed by atoms with Crippen molar-refractivity contribution >= 4 is 38.8 Å². The van der Waals surface area contributed by atoms with Crippen molar-refractivity contribution in [1.29, 1.82) is 0 Å². The second kappa shape index (κ2) is 10.00. The predicted octanol–water partition coefficient (Wildman–Crippen LogP) is 4.47. The molecule has 31 heavy (non-hydrogen) atoms. The van der Waals surface area contributed by atoms with E-state index in [4.69, 9.17) is 4.74 Å². The Balaban J connectivity index is 1.30. The zero-order valence-corrected chi connectivity index (χ0v) is 18.7.